The molecule has 18 heavy (non-hydrogen) atoms. The van der Waals surface area contributed by atoms with Crippen molar-refractivity contribution in [3.8, 4) is 0 Å². The molecule has 1 atom stereocenters. The van der Waals surface area contributed by atoms with Crippen molar-refractivity contribution < 1.29 is 0 Å². The first-order valence-corrected chi connectivity index (χ1v) is 6.49. The normalized spacial score (nSPS) is 19.1. The summed E-state index contributed by atoms with van der Waals surface area (Å²) in [6.45, 7) is 2.16. The van der Waals surface area contributed by atoms with E-state index in [2.05, 4.69) is 47.4 Å². The van der Waals surface area contributed by atoms with E-state index >= 15 is 0 Å². The number of benzene rings is 2. The highest BCUT2D eigenvalue weighted by molar-refractivity contribution is 5.67. The Morgan fingerprint density at radius 3 is 2.44 bits per heavy atom. The maximum absolute atomic E-state index is 6.04. The zero-order chi connectivity index (χ0) is 12.4. The van der Waals surface area contributed by atoms with Gasteiger partial charge in [0, 0.05) is 19.0 Å². The van der Waals surface area contributed by atoms with Gasteiger partial charge in [-0.15, -0.1) is 0 Å². The number of nitrogens with zero attached hydrogens (tertiary/aromatic N) is 1. The van der Waals surface area contributed by atoms with Crippen molar-refractivity contribution in [2.45, 2.75) is 12.3 Å². The summed E-state index contributed by atoms with van der Waals surface area (Å²) in [4.78, 5) is 2.40. The van der Waals surface area contributed by atoms with E-state index in [1.807, 2.05) is 12.1 Å². The Morgan fingerprint density at radius 1 is 0.944 bits per heavy atom. The summed E-state index contributed by atoms with van der Waals surface area (Å²) in [5.74, 6) is 0.630. The first-order valence-electron chi connectivity index (χ1n) is 6.49. The molecule has 2 aromatic carbocycles. The summed E-state index contributed by atoms with van der Waals surface area (Å²) >= 11 is 0. The molecule has 1 saturated heterocycles. The topological polar surface area (TPSA) is 29.3 Å². The predicted octanol–water partition coefficient (Wildman–Crippen LogP) is 3.26. The van der Waals surface area contributed by atoms with E-state index in [1.165, 1.54) is 17.7 Å². The molecule has 0 radical (unpaired) electrons. The monoisotopic (exact) mass is 238 g/mol. The third kappa shape index (κ3) is 2.06. The van der Waals surface area contributed by atoms with Gasteiger partial charge in [-0.3, -0.25) is 0 Å². The average Bonchev–Trinajstić information content (AvgIpc) is 2.90. The van der Waals surface area contributed by atoms with Gasteiger partial charge >= 0.3 is 0 Å². The van der Waals surface area contributed by atoms with Crippen LogP contribution in [-0.4, -0.2) is 13.1 Å². The summed E-state index contributed by atoms with van der Waals surface area (Å²) in [5.41, 5.74) is 9.54. The second kappa shape index (κ2) is 4.73. The number of nitrogens with two attached hydrogens (primary N) is 1. The molecule has 0 amide bonds. The van der Waals surface area contributed by atoms with Gasteiger partial charge in [0.25, 0.3) is 0 Å². The van der Waals surface area contributed by atoms with E-state index in [0.717, 1.165) is 18.8 Å². The van der Waals surface area contributed by atoms with Crippen LogP contribution in [0.25, 0.3) is 0 Å². The molecule has 1 heterocycles. The molecular formula is C16H18N2. The molecule has 1 unspecified atom stereocenters. The maximum Gasteiger partial charge on any atom is 0.0600 e. The Morgan fingerprint density at radius 2 is 1.67 bits per heavy atom. The molecule has 1 aliphatic heterocycles. The molecule has 0 aliphatic carbocycles. The van der Waals surface area contributed by atoms with E-state index in [0.29, 0.717) is 5.92 Å². The molecular weight excluding hydrogens is 220 g/mol. The molecule has 2 aromatic rings. The van der Waals surface area contributed by atoms with Crippen LogP contribution >= 0.6 is 0 Å². The van der Waals surface area contributed by atoms with Crippen LogP contribution in [0.15, 0.2) is 54.6 Å². The first-order chi connectivity index (χ1) is 8.84. The van der Waals surface area contributed by atoms with Gasteiger partial charge in [-0.05, 0) is 24.1 Å². The minimum atomic E-state index is 0.630. The van der Waals surface area contributed by atoms with Crippen LogP contribution in [0.5, 0.6) is 0 Å². The highest BCUT2D eigenvalue weighted by atomic mass is 15.2. The second-order valence-corrected chi connectivity index (χ2v) is 4.90. The fraction of sp³-hybridized carbons (Fsp3) is 0.250. The van der Waals surface area contributed by atoms with Crippen molar-refractivity contribution in [3.63, 3.8) is 0 Å². The lowest BCUT2D eigenvalue weighted by atomic mass is 9.99. The third-order valence-corrected chi connectivity index (χ3v) is 3.74. The van der Waals surface area contributed by atoms with E-state index < -0.39 is 0 Å². The molecule has 0 saturated carbocycles. The Labute approximate surface area is 108 Å². The van der Waals surface area contributed by atoms with Crippen LogP contribution < -0.4 is 10.6 Å². The minimum Gasteiger partial charge on any atom is -0.397 e. The molecule has 2 N–H and O–H groups in total. The molecule has 1 aliphatic rings. The van der Waals surface area contributed by atoms with Gasteiger partial charge < -0.3 is 10.6 Å². The van der Waals surface area contributed by atoms with Crippen molar-refractivity contribution >= 4 is 11.4 Å². The van der Waals surface area contributed by atoms with Gasteiger partial charge in [0.05, 0.1) is 11.4 Å². The quantitative estimate of drug-likeness (QED) is 0.814. The van der Waals surface area contributed by atoms with Crippen LogP contribution in [0, 0.1) is 0 Å². The Balaban J connectivity index is 1.78. The fourth-order valence-corrected chi connectivity index (χ4v) is 2.75. The third-order valence-electron chi connectivity index (χ3n) is 3.74. The van der Waals surface area contributed by atoms with Crippen molar-refractivity contribution in [2.24, 2.45) is 0 Å². The number of rotatable bonds is 2. The van der Waals surface area contributed by atoms with Crippen molar-refractivity contribution in [1.29, 1.82) is 0 Å². The van der Waals surface area contributed by atoms with Crippen LogP contribution in [-0.2, 0) is 0 Å². The van der Waals surface area contributed by atoms with E-state index in [-0.39, 0.29) is 0 Å². The molecule has 0 bridgehead atoms. The predicted molar refractivity (Wildman–Crippen MR) is 76.9 cm³/mol. The van der Waals surface area contributed by atoms with Crippen LogP contribution in [0.3, 0.4) is 0 Å². The van der Waals surface area contributed by atoms with Crippen molar-refractivity contribution in [2.75, 3.05) is 23.7 Å². The van der Waals surface area contributed by atoms with Crippen molar-refractivity contribution in [1.82, 2.24) is 0 Å². The van der Waals surface area contributed by atoms with E-state index in [9.17, 15) is 0 Å². The zero-order valence-corrected chi connectivity index (χ0v) is 10.4. The Hall–Kier alpha value is -1.96. The Bertz CT molecular complexity index is 522. The molecule has 2 nitrogen and oxygen atoms in total. The number of anilines is 2. The summed E-state index contributed by atoms with van der Waals surface area (Å²) in [6.07, 6.45) is 1.21. The minimum absolute atomic E-state index is 0.630. The van der Waals surface area contributed by atoms with Gasteiger partial charge in [0.1, 0.15) is 0 Å². The molecule has 0 spiro atoms. The largest absolute Gasteiger partial charge is 0.397 e. The highest BCUT2D eigenvalue weighted by Gasteiger charge is 2.24. The standard InChI is InChI=1S/C16H18N2/c17-15-8-4-5-9-16(15)18-11-10-14(12-18)13-6-2-1-3-7-13/h1-9,14H,10-12,17H2. The van der Waals surface area contributed by atoms with Crippen LogP contribution in [0.4, 0.5) is 11.4 Å². The van der Waals surface area contributed by atoms with Crippen molar-refractivity contribution in [3.05, 3.63) is 60.2 Å². The fourth-order valence-electron chi connectivity index (χ4n) is 2.75. The van der Waals surface area contributed by atoms with Gasteiger partial charge in [0.2, 0.25) is 0 Å². The van der Waals surface area contributed by atoms with E-state index in [1.54, 1.807) is 0 Å². The van der Waals surface area contributed by atoms with Crippen LogP contribution in [0.1, 0.15) is 17.9 Å². The average molecular weight is 238 g/mol. The lowest BCUT2D eigenvalue weighted by molar-refractivity contribution is 0.775. The lowest BCUT2D eigenvalue weighted by Crippen LogP contribution is -2.20. The molecule has 1 fully saturated rings. The maximum atomic E-state index is 6.04. The lowest BCUT2D eigenvalue weighted by Gasteiger charge is -2.20. The van der Waals surface area contributed by atoms with Gasteiger partial charge in [-0.1, -0.05) is 42.5 Å². The first kappa shape index (κ1) is 11.1. The van der Waals surface area contributed by atoms with Crippen LogP contribution in [0.2, 0.25) is 0 Å². The number of hydrogen-bond acceptors (Lipinski definition) is 2. The summed E-state index contributed by atoms with van der Waals surface area (Å²) in [7, 11) is 0. The number of nitrogen functional groups attached to an aromatic ring is 1. The summed E-state index contributed by atoms with van der Waals surface area (Å²) in [6, 6.07) is 18.9. The molecule has 3 rings (SSSR count). The van der Waals surface area contributed by atoms with Gasteiger partial charge in [-0.25, -0.2) is 0 Å². The highest BCUT2D eigenvalue weighted by Crippen LogP contribution is 2.33. The summed E-state index contributed by atoms with van der Waals surface area (Å²) < 4.78 is 0. The van der Waals surface area contributed by atoms with Gasteiger partial charge in [0.15, 0.2) is 0 Å². The molecule has 92 valence electrons. The molecule has 0 aromatic heterocycles. The molecule has 2 heteroatoms. The SMILES string of the molecule is Nc1ccccc1N1CCC(c2ccccc2)C1. The number of hydrogen-bond donors (Lipinski definition) is 1. The van der Waals surface area contributed by atoms with E-state index in [4.69, 9.17) is 5.73 Å². The van der Waals surface area contributed by atoms with Gasteiger partial charge in [-0.2, -0.15) is 0 Å². The number of para-hydroxylation sites is 2. The zero-order valence-electron chi connectivity index (χ0n) is 10.4. The Kier molecular flexibility index (Phi) is 2.93. The summed E-state index contributed by atoms with van der Waals surface area (Å²) in [5, 5.41) is 0. The smallest absolute Gasteiger partial charge is 0.0600 e. The second-order valence-electron chi connectivity index (χ2n) is 4.90.